The lowest BCUT2D eigenvalue weighted by Crippen LogP contribution is -2.44. The maximum Gasteiger partial charge on any atom is 0.247 e. The molecule has 2 unspecified atom stereocenters. The average molecular weight is 252 g/mol. The number of carbonyl (C=O) groups is 2. The second-order valence-corrected chi connectivity index (χ2v) is 6.24. The second kappa shape index (κ2) is 4.65. The van der Waals surface area contributed by atoms with E-state index in [1.54, 1.807) is 0 Å². The van der Waals surface area contributed by atoms with Gasteiger partial charge in [-0.05, 0) is 24.7 Å². The van der Waals surface area contributed by atoms with Gasteiger partial charge >= 0.3 is 0 Å². The zero-order chi connectivity index (χ0) is 13.5. The topological polar surface area (TPSA) is 49.4 Å². The molecule has 1 saturated carbocycles. The van der Waals surface area contributed by atoms with Gasteiger partial charge in [-0.2, -0.15) is 0 Å². The third kappa shape index (κ3) is 2.30. The summed E-state index contributed by atoms with van der Waals surface area (Å²) in [6.45, 7) is 8.42. The number of imide groups is 1. The first kappa shape index (κ1) is 13.5. The summed E-state index contributed by atoms with van der Waals surface area (Å²) in [7, 11) is 0. The van der Waals surface area contributed by atoms with E-state index >= 15 is 0 Å². The molecule has 1 aliphatic heterocycles. The fraction of sp³-hybridized carbons (Fsp3) is 0.857. The van der Waals surface area contributed by atoms with Crippen molar-refractivity contribution in [3.63, 3.8) is 0 Å². The van der Waals surface area contributed by atoms with Gasteiger partial charge in [0.2, 0.25) is 11.8 Å². The number of hydrogen-bond donors (Lipinski definition) is 1. The molecule has 0 aromatic heterocycles. The van der Waals surface area contributed by atoms with Crippen LogP contribution in [0.3, 0.4) is 0 Å². The second-order valence-electron chi connectivity index (χ2n) is 6.24. The van der Waals surface area contributed by atoms with Gasteiger partial charge in [0.05, 0.1) is 12.5 Å². The Hall–Kier alpha value is -0.900. The van der Waals surface area contributed by atoms with Crippen LogP contribution < -0.4 is 5.32 Å². The first-order chi connectivity index (χ1) is 8.40. The van der Waals surface area contributed by atoms with Gasteiger partial charge in [-0.1, -0.05) is 27.7 Å². The lowest BCUT2D eigenvalue weighted by atomic mass is 10.1. The van der Waals surface area contributed by atoms with Gasteiger partial charge in [0.25, 0.3) is 0 Å². The van der Waals surface area contributed by atoms with Crippen molar-refractivity contribution in [1.29, 1.82) is 0 Å². The Bertz CT molecular complexity index is 361. The quantitative estimate of drug-likeness (QED) is 0.758. The minimum atomic E-state index is -0.287. The Labute approximate surface area is 109 Å². The molecule has 4 heteroatoms. The van der Waals surface area contributed by atoms with Crippen LogP contribution in [0, 0.1) is 5.41 Å². The minimum Gasteiger partial charge on any atom is -0.302 e. The van der Waals surface area contributed by atoms with Crippen LogP contribution in [0.1, 0.15) is 53.4 Å². The van der Waals surface area contributed by atoms with E-state index in [2.05, 4.69) is 19.2 Å². The van der Waals surface area contributed by atoms with Crippen LogP contribution in [0.25, 0.3) is 0 Å². The zero-order valence-corrected chi connectivity index (χ0v) is 11.8. The number of amides is 2. The first-order valence-corrected chi connectivity index (χ1v) is 7.02. The Balaban J connectivity index is 2.00. The summed E-state index contributed by atoms with van der Waals surface area (Å²) in [5.41, 5.74) is 0.283. The molecular formula is C14H24N2O2. The molecular weight excluding hydrogens is 228 g/mol. The number of hydrogen-bond acceptors (Lipinski definition) is 3. The molecule has 0 bridgehead atoms. The molecule has 102 valence electrons. The van der Waals surface area contributed by atoms with Crippen LogP contribution in [0.15, 0.2) is 0 Å². The van der Waals surface area contributed by atoms with Gasteiger partial charge in [0.15, 0.2) is 0 Å². The molecule has 2 atom stereocenters. The minimum absolute atomic E-state index is 0.00958. The lowest BCUT2D eigenvalue weighted by Gasteiger charge is -2.24. The summed E-state index contributed by atoms with van der Waals surface area (Å²) in [5.74, 6) is -0.0268. The van der Waals surface area contributed by atoms with Gasteiger partial charge < -0.3 is 5.32 Å². The van der Waals surface area contributed by atoms with E-state index in [4.69, 9.17) is 0 Å². The van der Waals surface area contributed by atoms with E-state index < -0.39 is 0 Å². The van der Waals surface area contributed by atoms with E-state index in [1.807, 2.05) is 13.8 Å². The van der Waals surface area contributed by atoms with E-state index in [0.717, 1.165) is 19.3 Å². The van der Waals surface area contributed by atoms with E-state index in [9.17, 15) is 9.59 Å². The predicted molar refractivity (Wildman–Crippen MR) is 69.9 cm³/mol. The highest BCUT2D eigenvalue weighted by atomic mass is 16.2. The third-order valence-corrected chi connectivity index (χ3v) is 4.41. The van der Waals surface area contributed by atoms with Gasteiger partial charge in [0, 0.05) is 12.1 Å². The van der Waals surface area contributed by atoms with Gasteiger partial charge in [-0.25, -0.2) is 0 Å². The van der Waals surface area contributed by atoms with Crippen LogP contribution in [0.4, 0.5) is 0 Å². The number of rotatable bonds is 5. The molecule has 2 aliphatic rings. The summed E-state index contributed by atoms with van der Waals surface area (Å²) in [4.78, 5) is 25.8. The molecule has 18 heavy (non-hydrogen) atoms. The molecule has 1 N–H and O–H groups in total. The Morgan fingerprint density at radius 3 is 2.33 bits per heavy atom. The van der Waals surface area contributed by atoms with E-state index in [1.165, 1.54) is 4.90 Å². The molecule has 0 aromatic carbocycles. The molecule has 2 amide bonds. The maximum absolute atomic E-state index is 12.3. The first-order valence-electron chi connectivity index (χ1n) is 7.02. The number of nitrogens with one attached hydrogen (secondary N) is 1. The number of carbonyl (C=O) groups excluding carboxylic acids is 2. The Morgan fingerprint density at radius 1 is 1.33 bits per heavy atom. The maximum atomic E-state index is 12.3. The average Bonchev–Trinajstić information content (AvgIpc) is 2.81. The number of nitrogens with zero attached hydrogens (tertiary/aromatic N) is 1. The van der Waals surface area contributed by atoms with Crippen molar-refractivity contribution < 1.29 is 9.59 Å². The van der Waals surface area contributed by atoms with Crippen molar-refractivity contribution in [3.8, 4) is 0 Å². The normalized spacial score (nSPS) is 30.4. The van der Waals surface area contributed by atoms with Crippen LogP contribution in [-0.2, 0) is 9.59 Å². The van der Waals surface area contributed by atoms with Crippen molar-refractivity contribution in [2.75, 3.05) is 0 Å². The third-order valence-electron chi connectivity index (χ3n) is 4.41. The molecule has 2 fully saturated rings. The molecule has 1 saturated heterocycles. The van der Waals surface area contributed by atoms with E-state index in [0.29, 0.717) is 12.5 Å². The Morgan fingerprint density at radius 2 is 1.89 bits per heavy atom. The highest BCUT2D eigenvalue weighted by Gasteiger charge is 2.50. The summed E-state index contributed by atoms with van der Waals surface area (Å²) in [5, 5.41) is 3.34. The largest absolute Gasteiger partial charge is 0.302 e. The van der Waals surface area contributed by atoms with Crippen molar-refractivity contribution in [3.05, 3.63) is 0 Å². The summed E-state index contributed by atoms with van der Waals surface area (Å²) in [6, 6.07) is 0.176. The van der Waals surface area contributed by atoms with Crippen molar-refractivity contribution in [1.82, 2.24) is 10.2 Å². The van der Waals surface area contributed by atoms with Crippen molar-refractivity contribution >= 4 is 11.8 Å². The van der Waals surface area contributed by atoms with Gasteiger partial charge in [-0.15, -0.1) is 0 Å². The Kier molecular flexibility index (Phi) is 3.49. The molecule has 4 nitrogen and oxygen atoms in total. The van der Waals surface area contributed by atoms with Crippen LogP contribution in [0.2, 0.25) is 0 Å². The monoisotopic (exact) mass is 252 g/mol. The van der Waals surface area contributed by atoms with Crippen LogP contribution in [-0.4, -0.2) is 34.8 Å². The molecule has 1 aliphatic carbocycles. The smallest absolute Gasteiger partial charge is 0.247 e. The van der Waals surface area contributed by atoms with Crippen LogP contribution in [0.5, 0.6) is 0 Å². The van der Waals surface area contributed by atoms with Crippen molar-refractivity contribution in [2.24, 2.45) is 5.41 Å². The standard InChI is InChI=1S/C14H24N2O2/c1-5-9(6-2)16-12(17)7-10(13(16)18)15-11-8-14(11,3)4/h9-11,15H,5-8H2,1-4H3. The summed E-state index contributed by atoms with van der Waals surface area (Å²) >= 11 is 0. The summed E-state index contributed by atoms with van der Waals surface area (Å²) in [6.07, 6.45) is 3.11. The highest BCUT2D eigenvalue weighted by molar-refractivity contribution is 6.05. The zero-order valence-electron chi connectivity index (χ0n) is 11.8. The molecule has 0 radical (unpaired) electrons. The predicted octanol–water partition coefficient (Wildman–Crippen LogP) is 1.69. The fourth-order valence-electron chi connectivity index (χ4n) is 2.81. The van der Waals surface area contributed by atoms with Crippen LogP contribution >= 0.6 is 0 Å². The van der Waals surface area contributed by atoms with E-state index in [-0.39, 0.29) is 29.3 Å². The molecule has 2 rings (SSSR count). The molecule has 0 aromatic rings. The highest BCUT2D eigenvalue weighted by Crippen LogP contribution is 2.45. The number of likely N-dealkylation sites (tertiary alicyclic amines) is 1. The molecule has 1 heterocycles. The fourth-order valence-corrected chi connectivity index (χ4v) is 2.81. The van der Waals surface area contributed by atoms with Gasteiger partial charge in [-0.3, -0.25) is 14.5 Å². The lowest BCUT2D eigenvalue weighted by molar-refractivity contribution is -0.141. The van der Waals surface area contributed by atoms with Crippen molar-refractivity contribution in [2.45, 2.75) is 71.5 Å². The van der Waals surface area contributed by atoms with Gasteiger partial charge in [0.1, 0.15) is 0 Å². The SMILES string of the molecule is CCC(CC)N1C(=O)CC(NC2CC2(C)C)C1=O. The summed E-state index contributed by atoms with van der Waals surface area (Å²) < 4.78 is 0. The molecule has 0 spiro atoms.